The second-order valence-corrected chi connectivity index (χ2v) is 10.7. The van der Waals surface area contributed by atoms with Crippen molar-refractivity contribution in [3.63, 3.8) is 0 Å². The van der Waals surface area contributed by atoms with Crippen LogP contribution >= 0.6 is 0 Å². The Morgan fingerprint density at radius 1 is 1.26 bits per heavy atom. The van der Waals surface area contributed by atoms with Crippen molar-refractivity contribution in [1.82, 2.24) is 4.98 Å². The number of nitrogens with zero attached hydrogens (tertiary/aromatic N) is 2. The van der Waals surface area contributed by atoms with Crippen molar-refractivity contribution in [2.45, 2.75) is 42.7 Å². The van der Waals surface area contributed by atoms with Gasteiger partial charge in [0.05, 0.1) is 28.7 Å². The number of benzene rings is 1. The molecule has 1 fully saturated rings. The maximum Gasteiger partial charge on any atom is 0.417 e. The largest absolute Gasteiger partial charge is 0.493 e. The Morgan fingerprint density at radius 2 is 1.91 bits per heavy atom. The van der Waals surface area contributed by atoms with Gasteiger partial charge in [0.1, 0.15) is 11.1 Å². The van der Waals surface area contributed by atoms with Gasteiger partial charge < -0.3 is 14.8 Å². The fourth-order valence-electron chi connectivity index (χ4n) is 4.03. The van der Waals surface area contributed by atoms with E-state index in [1.807, 2.05) is 0 Å². The smallest absolute Gasteiger partial charge is 0.417 e. The van der Waals surface area contributed by atoms with E-state index in [-0.39, 0.29) is 16.3 Å². The summed E-state index contributed by atoms with van der Waals surface area (Å²) in [7, 11) is -0.330. The zero-order valence-electron chi connectivity index (χ0n) is 19.4. The molecule has 0 unspecified atom stereocenters. The molecular formula is C22H24F5N3O4S. The SMILES string of the molecule is CN=[S@](C)(=O)c1ccc(NC(=O)[C@@H]2O[C@@](C)(C(F)(F)F)[C@@H](C)[C@H]2c2ccc(F)c(F)c2OC)cn1. The molecule has 2 heterocycles. The Kier molecular flexibility index (Phi) is 7.15. The van der Waals surface area contributed by atoms with Gasteiger partial charge >= 0.3 is 6.18 Å². The van der Waals surface area contributed by atoms with E-state index in [4.69, 9.17) is 9.47 Å². The maximum absolute atomic E-state index is 14.4. The Bertz CT molecular complexity index is 1240. The number of amides is 1. The molecule has 1 N–H and O–H groups in total. The molecule has 0 aliphatic carbocycles. The average Bonchev–Trinajstić information content (AvgIpc) is 3.08. The average molecular weight is 522 g/mol. The van der Waals surface area contributed by atoms with E-state index in [2.05, 4.69) is 14.7 Å². The van der Waals surface area contributed by atoms with Gasteiger partial charge in [-0.2, -0.15) is 17.6 Å². The molecule has 1 aliphatic heterocycles. The summed E-state index contributed by atoms with van der Waals surface area (Å²) >= 11 is 0. The van der Waals surface area contributed by atoms with Crippen LogP contribution in [0.15, 0.2) is 39.9 Å². The van der Waals surface area contributed by atoms with Crippen LogP contribution in [0.4, 0.5) is 27.6 Å². The number of hydrogen-bond acceptors (Lipinski definition) is 6. The van der Waals surface area contributed by atoms with Crippen molar-refractivity contribution in [3.8, 4) is 5.75 Å². The Hall–Kier alpha value is -2.80. The van der Waals surface area contributed by atoms with E-state index >= 15 is 0 Å². The molecule has 13 heteroatoms. The predicted octanol–water partition coefficient (Wildman–Crippen LogP) is 4.53. The maximum atomic E-state index is 14.4. The number of hydrogen-bond donors (Lipinski definition) is 1. The number of nitrogens with one attached hydrogen (secondary N) is 1. The molecule has 0 bridgehead atoms. The molecule has 1 aromatic carbocycles. The van der Waals surface area contributed by atoms with Crippen LogP contribution in [0.25, 0.3) is 0 Å². The van der Waals surface area contributed by atoms with Crippen LogP contribution in [-0.4, -0.2) is 53.4 Å². The van der Waals surface area contributed by atoms with Crippen molar-refractivity contribution in [3.05, 3.63) is 47.7 Å². The van der Waals surface area contributed by atoms with Gasteiger partial charge in [0, 0.05) is 30.7 Å². The van der Waals surface area contributed by atoms with E-state index in [9.17, 15) is 31.0 Å². The van der Waals surface area contributed by atoms with Gasteiger partial charge in [-0.05, 0) is 25.1 Å². The number of alkyl halides is 3. The third-order valence-corrected chi connectivity index (χ3v) is 8.03. The van der Waals surface area contributed by atoms with E-state index < -0.39 is 62.7 Å². The molecule has 0 saturated carbocycles. The zero-order valence-corrected chi connectivity index (χ0v) is 20.3. The summed E-state index contributed by atoms with van der Waals surface area (Å²) in [6.07, 6.45) is -4.06. The summed E-state index contributed by atoms with van der Waals surface area (Å²) < 4.78 is 96.5. The Labute approximate surface area is 199 Å². The van der Waals surface area contributed by atoms with Gasteiger partial charge in [0.2, 0.25) is 5.82 Å². The summed E-state index contributed by atoms with van der Waals surface area (Å²) in [5, 5.41) is 2.58. The number of pyridine rings is 1. The summed E-state index contributed by atoms with van der Waals surface area (Å²) in [5.41, 5.74) is -2.82. The third-order valence-electron chi connectivity index (χ3n) is 6.31. The number of halogens is 5. The fourth-order valence-corrected chi connectivity index (χ4v) is 4.78. The van der Waals surface area contributed by atoms with Gasteiger partial charge in [-0.15, -0.1) is 0 Å². The standard InChI is InChI=1S/C22H24F5N3O4S/c1-11-16(13-7-8-14(23)17(24)18(13)33-4)19(34-21(11,2)22(25,26)27)20(31)30-12-6-9-15(29-10-12)35(5,32)28-3/h6-11,16,19H,1-5H3,(H,30,31)/t11-,16-,19+,21+,35+/m0/s1. The summed E-state index contributed by atoms with van der Waals surface area (Å²) in [5.74, 6) is -6.94. The lowest BCUT2D eigenvalue weighted by atomic mass is 9.77. The van der Waals surface area contributed by atoms with Gasteiger partial charge in [0.25, 0.3) is 5.91 Å². The van der Waals surface area contributed by atoms with Crippen LogP contribution < -0.4 is 10.1 Å². The molecule has 192 valence electrons. The minimum absolute atomic E-state index is 0.0953. The van der Waals surface area contributed by atoms with Gasteiger partial charge in [0.15, 0.2) is 17.2 Å². The van der Waals surface area contributed by atoms with Gasteiger partial charge in [-0.25, -0.2) is 17.9 Å². The molecular weight excluding hydrogens is 497 g/mol. The van der Waals surface area contributed by atoms with Crippen molar-refractivity contribution in [2.24, 2.45) is 10.3 Å². The van der Waals surface area contributed by atoms with E-state index in [1.165, 1.54) is 38.6 Å². The van der Waals surface area contributed by atoms with Crippen molar-refractivity contribution < 1.29 is 40.4 Å². The number of methoxy groups -OCH3 is 1. The third kappa shape index (κ3) is 4.70. The molecule has 1 aromatic heterocycles. The number of carbonyl (C=O) groups excluding carboxylic acids is 1. The fraction of sp³-hybridized carbons (Fsp3) is 0.455. The number of ether oxygens (including phenoxy) is 2. The molecule has 1 saturated heterocycles. The summed E-state index contributed by atoms with van der Waals surface area (Å²) in [6, 6.07) is 4.55. The topological polar surface area (TPSA) is 89.9 Å². The molecule has 2 aromatic rings. The minimum atomic E-state index is -4.88. The molecule has 0 radical (unpaired) electrons. The molecule has 1 amide bonds. The first-order chi connectivity index (χ1) is 16.2. The molecule has 7 nitrogen and oxygen atoms in total. The van der Waals surface area contributed by atoms with Crippen LogP contribution in [0.5, 0.6) is 5.75 Å². The normalized spacial score (nSPS) is 26.2. The number of carbonyl (C=O) groups is 1. The molecule has 5 atom stereocenters. The highest BCUT2D eigenvalue weighted by molar-refractivity contribution is 7.92. The zero-order chi connectivity index (χ0) is 26.3. The first kappa shape index (κ1) is 26.8. The monoisotopic (exact) mass is 521 g/mol. The highest BCUT2D eigenvalue weighted by Crippen LogP contribution is 2.55. The number of rotatable bonds is 5. The second-order valence-electron chi connectivity index (χ2n) is 8.30. The molecule has 3 rings (SSSR count). The molecule has 1 aliphatic rings. The van der Waals surface area contributed by atoms with Crippen LogP contribution in [-0.2, 0) is 19.3 Å². The Balaban J connectivity index is 2.03. The summed E-state index contributed by atoms with van der Waals surface area (Å²) in [4.78, 5) is 17.1. The van der Waals surface area contributed by atoms with E-state index in [0.717, 1.165) is 26.2 Å². The highest BCUT2D eigenvalue weighted by atomic mass is 32.2. The molecule has 35 heavy (non-hydrogen) atoms. The van der Waals surface area contributed by atoms with Crippen molar-refractivity contribution >= 4 is 21.3 Å². The van der Waals surface area contributed by atoms with Crippen LogP contribution in [0.3, 0.4) is 0 Å². The van der Waals surface area contributed by atoms with Crippen molar-refractivity contribution in [1.29, 1.82) is 0 Å². The first-order valence-corrected chi connectivity index (χ1v) is 12.2. The minimum Gasteiger partial charge on any atom is -0.493 e. The Morgan fingerprint density at radius 3 is 2.43 bits per heavy atom. The van der Waals surface area contributed by atoms with Crippen LogP contribution in [0.2, 0.25) is 0 Å². The van der Waals surface area contributed by atoms with Crippen LogP contribution in [0.1, 0.15) is 25.3 Å². The second kappa shape index (κ2) is 9.34. The van der Waals surface area contributed by atoms with Gasteiger partial charge in [-0.3, -0.25) is 4.79 Å². The van der Waals surface area contributed by atoms with Gasteiger partial charge in [-0.1, -0.05) is 13.0 Å². The van der Waals surface area contributed by atoms with E-state index in [0.29, 0.717) is 0 Å². The lowest BCUT2D eigenvalue weighted by Gasteiger charge is -2.32. The molecule has 0 spiro atoms. The lowest BCUT2D eigenvalue weighted by Crippen LogP contribution is -2.47. The number of aromatic nitrogens is 1. The first-order valence-electron chi connectivity index (χ1n) is 10.3. The van der Waals surface area contributed by atoms with Crippen LogP contribution in [0, 0.1) is 17.6 Å². The predicted molar refractivity (Wildman–Crippen MR) is 118 cm³/mol. The van der Waals surface area contributed by atoms with E-state index in [1.54, 1.807) is 0 Å². The quantitative estimate of drug-likeness (QED) is 0.584. The highest BCUT2D eigenvalue weighted by Gasteiger charge is 2.65. The summed E-state index contributed by atoms with van der Waals surface area (Å²) in [6.45, 7) is 2.02. The van der Waals surface area contributed by atoms with Crippen molar-refractivity contribution in [2.75, 3.05) is 25.7 Å². The lowest BCUT2D eigenvalue weighted by molar-refractivity contribution is -0.272. The number of anilines is 1.